The number of halogens is 2. The van der Waals surface area contributed by atoms with E-state index >= 15 is 0 Å². The zero-order valence-corrected chi connectivity index (χ0v) is 19.3. The first-order valence-electron chi connectivity index (χ1n) is 11.7. The Hall–Kier alpha value is -2.59. The van der Waals surface area contributed by atoms with Gasteiger partial charge < -0.3 is 10.2 Å². The molecule has 2 saturated carbocycles. The lowest BCUT2D eigenvalue weighted by Crippen LogP contribution is -2.33. The van der Waals surface area contributed by atoms with Crippen molar-refractivity contribution in [2.45, 2.75) is 67.2 Å². The Morgan fingerprint density at radius 1 is 1.15 bits per heavy atom. The number of anilines is 2. The lowest BCUT2D eigenvalue weighted by Gasteiger charge is -2.30. The second-order valence-corrected chi connectivity index (χ2v) is 11.7. The van der Waals surface area contributed by atoms with Crippen LogP contribution >= 0.6 is 0 Å². The maximum absolute atomic E-state index is 14.4. The number of carbonyl (C=O) groups excluding carboxylic acids is 1. The first-order valence-corrected chi connectivity index (χ1v) is 13.3. The molecule has 6 rings (SSSR count). The zero-order valence-electron chi connectivity index (χ0n) is 18.5. The van der Waals surface area contributed by atoms with Crippen LogP contribution in [0.2, 0.25) is 0 Å². The molecule has 3 aliphatic carbocycles. The Kier molecular flexibility index (Phi) is 4.80. The summed E-state index contributed by atoms with van der Waals surface area (Å²) in [5.41, 5.74) is 2.72. The molecule has 180 valence electrons. The van der Waals surface area contributed by atoms with Crippen LogP contribution in [0.15, 0.2) is 35.2 Å². The first-order chi connectivity index (χ1) is 16.1. The number of hydrogen-bond donors (Lipinski definition) is 2. The maximum Gasteiger partial charge on any atom is 0.259 e. The number of alkyl halides is 2. The number of nitrogens with zero attached hydrogens (tertiary/aromatic N) is 2. The number of rotatable bonds is 4. The van der Waals surface area contributed by atoms with Crippen LogP contribution in [0.25, 0.3) is 0 Å². The van der Waals surface area contributed by atoms with Gasteiger partial charge in [-0.25, -0.2) is 27.3 Å². The molecule has 2 heterocycles. The molecule has 4 aliphatic rings. The van der Waals surface area contributed by atoms with Crippen molar-refractivity contribution in [1.29, 1.82) is 0 Å². The number of aromatic nitrogens is 1. The zero-order chi connectivity index (χ0) is 23.8. The second kappa shape index (κ2) is 7.45. The Balaban J connectivity index is 1.39. The van der Waals surface area contributed by atoms with Crippen molar-refractivity contribution in [3.05, 3.63) is 47.2 Å². The molecule has 1 saturated heterocycles. The Morgan fingerprint density at radius 3 is 2.71 bits per heavy atom. The lowest BCUT2D eigenvalue weighted by molar-refractivity contribution is -0.0709. The summed E-state index contributed by atoms with van der Waals surface area (Å²) in [4.78, 5) is 20.2. The van der Waals surface area contributed by atoms with Crippen LogP contribution in [-0.2, 0) is 10.0 Å². The van der Waals surface area contributed by atoms with Crippen LogP contribution in [0.5, 0.6) is 0 Å². The van der Waals surface area contributed by atoms with E-state index in [1.54, 1.807) is 6.07 Å². The first kappa shape index (κ1) is 21.9. The Labute approximate surface area is 196 Å². The van der Waals surface area contributed by atoms with E-state index in [0.717, 1.165) is 30.5 Å². The summed E-state index contributed by atoms with van der Waals surface area (Å²) < 4.78 is 52.3. The van der Waals surface area contributed by atoms with Crippen molar-refractivity contribution in [1.82, 2.24) is 4.98 Å². The highest BCUT2D eigenvalue weighted by Gasteiger charge is 2.52. The quantitative estimate of drug-likeness (QED) is 0.678. The molecule has 10 heteroatoms. The number of pyridine rings is 1. The summed E-state index contributed by atoms with van der Waals surface area (Å²) in [5, 5.41) is 8.00. The molecule has 3 fully saturated rings. The highest BCUT2D eigenvalue weighted by molar-refractivity contribution is 7.89. The minimum absolute atomic E-state index is 0.0639. The Bertz CT molecular complexity index is 1300. The van der Waals surface area contributed by atoms with E-state index in [1.807, 2.05) is 11.0 Å². The minimum atomic E-state index is -3.92. The normalized spacial score (nSPS) is 28.7. The third-order valence-electron chi connectivity index (χ3n) is 8.08. The molecule has 0 radical (unpaired) electrons. The maximum atomic E-state index is 14.4. The van der Waals surface area contributed by atoms with E-state index in [9.17, 15) is 22.0 Å². The predicted molar refractivity (Wildman–Crippen MR) is 123 cm³/mol. The average molecular weight is 489 g/mol. The fourth-order valence-electron chi connectivity index (χ4n) is 6.35. The average Bonchev–Trinajstić information content (AvgIpc) is 3.50. The van der Waals surface area contributed by atoms with E-state index in [-0.39, 0.29) is 29.6 Å². The van der Waals surface area contributed by atoms with Gasteiger partial charge in [0.1, 0.15) is 5.82 Å². The lowest BCUT2D eigenvalue weighted by atomic mass is 9.87. The van der Waals surface area contributed by atoms with Crippen molar-refractivity contribution >= 4 is 27.4 Å². The molecule has 2 aromatic rings. The summed E-state index contributed by atoms with van der Waals surface area (Å²) in [6.45, 7) is 0.179. The number of benzene rings is 1. The van der Waals surface area contributed by atoms with Gasteiger partial charge >= 0.3 is 0 Å². The van der Waals surface area contributed by atoms with E-state index in [4.69, 9.17) is 10.1 Å². The van der Waals surface area contributed by atoms with Crippen LogP contribution in [0.1, 0.15) is 72.0 Å². The third kappa shape index (κ3) is 3.50. The van der Waals surface area contributed by atoms with Crippen molar-refractivity contribution in [2.75, 3.05) is 16.8 Å². The highest BCUT2D eigenvalue weighted by Crippen LogP contribution is 2.54. The third-order valence-corrected chi connectivity index (χ3v) is 8.99. The molecule has 4 unspecified atom stereocenters. The molecule has 1 aliphatic heterocycles. The van der Waals surface area contributed by atoms with E-state index in [2.05, 4.69) is 5.32 Å². The molecular weight excluding hydrogens is 462 g/mol. The number of fused-ring (bicyclic) bond motifs is 7. The van der Waals surface area contributed by atoms with Gasteiger partial charge in [-0.1, -0.05) is 6.07 Å². The number of hydrogen-bond acceptors (Lipinski definition) is 5. The van der Waals surface area contributed by atoms with Gasteiger partial charge in [0.25, 0.3) is 11.8 Å². The fraction of sp³-hybridized carbons (Fsp3) is 0.500. The molecular formula is C24H26F2N4O3S. The minimum Gasteiger partial charge on any atom is -0.352 e. The van der Waals surface area contributed by atoms with Gasteiger partial charge in [-0.3, -0.25) is 4.79 Å². The van der Waals surface area contributed by atoms with E-state index < -0.39 is 27.8 Å². The van der Waals surface area contributed by atoms with Gasteiger partial charge in [0, 0.05) is 42.2 Å². The summed E-state index contributed by atoms with van der Waals surface area (Å²) in [5.74, 6) is -2.66. The number of sulfonamides is 1. The number of nitrogens with two attached hydrogens (primary N) is 1. The summed E-state index contributed by atoms with van der Waals surface area (Å²) in [6.07, 6.45) is 3.78. The van der Waals surface area contributed by atoms with Gasteiger partial charge in [-0.2, -0.15) is 0 Å². The molecule has 1 aromatic heterocycles. The molecule has 34 heavy (non-hydrogen) atoms. The molecule has 1 aromatic carbocycles. The number of amides is 1. The van der Waals surface area contributed by atoms with E-state index in [1.165, 1.54) is 18.2 Å². The molecule has 7 nitrogen and oxygen atoms in total. The molecule has 4 bridgehead atoms. The largest absolute Gasteiger partial charge is 0.352 e. The van der Waals surface area contributed by atoms with Gasteiger partial charge in [-0.05, 0) is 67.9 Å². The predicted octanol–water partition coefficient (Wildman–Crippen LogP) is 3.97. The molecule has 1 amide bonds. The molecule has 4 atom stereocenters. The fourth-order valence-corrected chi connectivity index (χ4v) is 6.91. The van der Waals surface area contributed by atoms with Crippen molar-refractivity contribution in [3.63, 3.8) is 0 Å². The van der Waals surface area contributed by atoms with Crippen molar-refractivity contribution in [2.24, 2.45) is 11.1 Å². The van der Waals surface area contributed by atoms with Gasteiger partial charge in [0.05, 0.1) is 10.5 Å². The highest BCUT2D eigenvalue weighted by atomic mass is 32.2. The monoisotopic (exact) mass is 488 g/mol. The Morgan fingerprint density at radius 2 is 1.94 bits per heavy atom. The van der Waals surface area contributed by atoms with Crippen molar-refractivity contribution in [3.8, 4) is 0 Å². The van der Waals surface area contributed by atoms with Crippen LogP contribution in [0, 0.1) is 5.92 Å². The van der Waals surface area contributed by atoms with Gasteiger partial charge in [0.2, 0.25) is 10.0 Å². The summed E-state index contributed by atoms with van der Waals surface area (Å²) >= 11 is 0. The molecule has 0 spiro atoms. The SMILES string of the molecule is NS(=O)(=O)c1cccc(NC(=O)c2cc3c(nc2N2CC4CC2CCC4(F)F)C2CCC3C2)c1. The van der Waals surface area contributed by atoms with Crippen LogP contribution in [0.3, 0.4) is 0 Å². The molecule has 3 N–H and O–H groups in total. The standard InChI is InChI=1S/C24H26F2N4O3S/c25-24(26)7-6-17-9-15(24)12-30(17)22-20(11-19-13-4-5-14(8-13)21(19)29-22)23(31)28-16-2-1-3-18(10-16)34(27,32)33/h1-3,10-11,13-15,17H,4-9,12H2,(H,28,31)(H2,27,32,33). The number of carbonyl (C=O) groups is 1. The summed E-state index contributed by atoms with van der Waals surface area (Å²) in [6, 6.07) is 7.57. The van der Waals surface area contributed by atoms with Crippen LogP contribution < -0.4 is 15.4 Å². The smallest absolute Gasteiger partial charge is 0.259 e. The van der Waals surface area contributed by atoms with Gasteiger partial charge in [-0.15, -0.1) is 0 Å². The number of primary sulfonamides is 1. The second-order valence-electron chi connectivity index (χ2n) is 10.1. The topological polar surface area (TPSA) is 105 Å². The van der Waals surface area contributed by atoms with Crippen molar-refractivity contribution < 1.29 is 22.0 Å². The summed E-state index contributed by atoms with van der Waals surface area (Å²) in [7, 11) is -3.92. The van der Waals surface area contributed by atoms with Crippen LogP contribution in [-0.4, -0.2) is 37.8 Å². The number of nitrogens with one attached hydrogen (secondary N) is 1. The van der Waals surface area contributed by atoms with Crippen LogP contribution in [0.4, 0.5) is 20.3 Å². The van der Waals surface area contributed by atoms with E-state index in [0.29, 0.717) is 36.1 Å². The van der Waals surface area contributed by atoms with Gasteiger partial charge in [0.15, 0.2) is 0 Å².